The maximum absolute atomic E-state index is 13.6. The fraction of sp³-hybridized carbons (Fsp3) is 0.250. The number of anilines is 1. The van der Waals surface area contributed by atoms with E-state index >= 15 is 0 Å². The maximum atomic E-state index is 13.6. The van der Waals surface area contributed by atoms with Crippen LogP contribution in [-0.2, 0) is 11.3 Å². The summed E-state index contributed by atoms with van der Waals surface area (Å²) in [5.41, 5.74) is 5.14. The summed E-state index contributed by atoms with van der Waals surface area (Å²) in [6.07, 6.45) is 2.29. The summed E-state index contributed by atoms with van der Waals surface area (Å²) in [7, 11) is 0. The van der Waals surface area contributed by atoms with Crippen molar-refractivity contribution in [3.63, 3.8) is 0 Å². The molecule has 1 atom stereocenters. The first-order chi connectivity index (χ1) is 16.6. The lowest BCUT2D eigenvalue weighted by Gasteiger charge is -2.19. The monoisotopic (exact) mass is 468 g/mol. The summed E-state index contributed by atoms with van der Waals surface area (Å²) in [6.45, 7) is 4.74. The number of aryl methyl sites for hydroxylation is 2. The normalized spacial score (nSPS) is 14.1. The maximum Gasteiger partial charge on any atom is 0.242 e. The zero-order valence-corrected chi connectivity index (χ0v) is 20.3. The van der Waals surface area contributed by atoms with Gasteiger partial charge >= 0.3 is 0 Å². The minimum absolute atomic E-state index is 0.0628. The Morgan fingerprint density at radius 3 is 2.41 bits per heavy atom. The highest BCUT2D eigenvalue weighted by Gasteiger charge is 2.32. The molecule has 4 aromatic rings. The molecule has 1 fully saturated rings. The first-order valence-corrected chi connectivity index (χ1v) is 12.5. The molecule has 0 saturated heterocycles. The van der Waals surface area contributed by atoms with Gasteiger partial charge in [-0.25, -0.2) is 0 Å². The van der Waals surface area contributed by atoms with Gasteiger partial charge in [-0.05, 0) is 55.0 Å². The Balaban J connectivity index is 1.47. The van der Waals surface area contributed by atoms with Crippen molar-refractivity contribution in [3.8, 4) is 0 Å². The molecule has 5 rings (SSSR count). The number of nitrogens with one attached hydrogen (secondary N) is 1. The van der Waals surface area contributed by atoms with E-state index in [-0.39, 0.29) is 5.91 Å². The van der Waals surface area contributed by atoms with Gasteiger partial charge in [0, 0.05) is 11.6 Å². The molecule has 3 aromatic carbocycles. The standard InChI is InChI=1S/C28H28N4OS/c1-19-13-14-20(2)24(17-19)29-27(33)25(22-11-7-4-8-12-22)34-28-31-30-26(23-15-16-23)32(28)18-21-9-5-3-6-10-21/h3-14,17,23,25H,15-16,18H2,1-2H3,(H,29,33). The third kappa shape index (κ3) is 5.07. The highest BCUT2D eigenvalue weighted by atomic mass is 32.2. The van der Waals surface area contributed by atoms with Crippen molar-refractivity contribution < 1.29 is 4.79 Å². The highest BCUT2D eigenvalue weighted by Crippen LogP contribution is 2.42. The van der Waals surface area contributed by atoms with Crippen LogP contribution >= 0.6 is 11.8 Å². The number of benzene rings is 3. The van der Waals surface area contributed by atoms with E-state index in [0.717, 1.165) is 46.2 Å². The van der Waals surface area contributed by atoms with E-state index in [0.29, 0.717) is 12.5 Å². The van der Waals surface area contributed by atoms with Gasteiger partial charge in [-0.15, -0.1) is 10.2 Å². The number of hydrogen-bond donors (Lipinski definition) is 1. The average Bonchev–Trinajstić information content (AvgIpc) is 3.63. The molecule has 1 unspecified atom stereocenters. The number of nitrogens with zero attached hydrogens (tertiary/aromatic N) is 3. The van der Waals surface area contributed by atoms with Crippen LogP contribution in [0.4, 0.5) is 5.69 Å². The van der Waals surface area contributed by atoms with Gasteiger partial charge in [0.05, 0.1) is 6.54 Å². The van der Waals surface area contributed by atoms with Crippen LogP contribution < -0.4 is 5.32 Å². The van der Waals surface area contributed by atoms with Gasteiger partial charge in [0.15, 0.2) is 5.16 Å². The quantitative estimate of drug-likeness (QED) is 0.309. The number of carbonyl (C=O) groups excluding carboxylic acids is 1. The van der Waals surface area contributed by atoms with E-state index in [1.54, 1.807) is 0 Å². The topological polar surface area (TPSA) is 59.8 Å². The second kappa shape index (κ2) is 9.85. The van der Waals surface area contributed by atoms with Gasteiger partial charge in [0.2, 0.25) is 5.91 Å². The summed E-state index contributed by atoms with van der Waals surface area (Å²) in [6, 6.07) is 26.4. The molecule has 1 amide bonds. The van der Waals surface area contributed by atoms with Gasteiger partial charge in [-0.2, -0.15) is 0 Å². The average molecular weight is 469 g/mol. The number of thioether (sulfide) groups is 1. The molecule has 172 valence electrons. The van der Waals surface area contributed by atoms with Crippen LogP contribution in [-0.4, -0.2) is 20.7 Å². The minimum atomic E-state index is -0.452. The number of hydrogen-bond acceptors (Lipinski definition) is 4. The molecule has 1 aliphatic rings. The van der Waals surface area contributed by atoms with Crippen molar-refractivity contribution in [2.75, 3.05) is 5.32 Å². The summed E-state index contributed by atoms with van der Waals surface area (Å²) >= 11 is 1.47. The highest BCUT2D eigenvalue weighted by molar-refractivity contribution is 8.00. The Labute approximate surface area is 204 Å². The molecule has 34 heavy (non-hydrogen) atoms. The molecule has 0 aliphatic heterocycles. The summed E-state index contributed by atoms with van der Waals surface area (Å²) < 4.78 is 2.19. The van der Waals surface area contributed by atoms with E-state index in [1.165, 1.54) is 17.3 Å². The predicted molar refractivity (Wildman–Crippen MR) is 137 cm³/mol. The third-order valence-corrected chi connectivity index (χ3v) is 7.32. The van der Waals surface area contributed by atoms with Gasteiger partial charge in [0.25, 0.3) is 0 Å². The van der Waals surface area contributed by atoms with E-state index in [9.17, 15) is 4.79 Å². The fourth-order valence-corrected chi connectivity index (χ4v) is 5.06. The van der Waals surface area contributed by atoms with Crippen molar-refractivity contribution in [2.45, 2.75) is 49.6 Å². The van der Waals surface area contributed by atoms with Crippen LogP contribution in [0.25, 0.3) is 0 Å². The molecular weight excluding hydrogens is 440 g/mol. The Morgan fingerprint density at radius 2 is 1.71 bits per heavy atom. The van der Waals surface area contributed by atoms with Crippen molar-refractivity contribution in [1.29, 1.82) is 0 Å². The Morgan fingerprint density at radius 1 is 1.00 bits per heavy atom. The van der Waals surface area contributed by atoms with Gasteiger partial charge in [0.1, 0.15) is 11.1 Å². The lowest BCUT2D eigenvalue weighted by Crippen LogP contribution is -2.20. The molecule has 6 heteroatoms. The molecule has 1 saturated carbocycles. The van der Waals surface area contributed by atoms with Crippen molar-refractivity contribution in [1.82, 2.24) is 14.8 Å². The SMILES string of the molecule is Cc1ccc(C)c(NC(=O)C(Sc2nnc(C3CC3)n2Cc2ccccc2)c2ccccc2)c1. The number of carbonyl (C=O) groups is 1. The number of rotatable bonds is 8. The molecule has 0 radical (unpaired) electrons. The van der Waals surface area contributed by atoms with E-state index < -0.39 is 5.25 Å². The van der Waals surface area contributed by atoms with E-state index in [4.69, 9.17) is 0 Å². The molecular formula is C28H28N4OS. The molecule has 0 bridgehead atoms. The van der Waals surface area contributed by atoms with E-state index in [1.807, 2.05) is 74.5 Å². The third-order valence-electron chi connectivity index (χ3n) is 6.09. The minimum Gasteiger partial charge on any atom is -0.325 e. The predicted octanol–water partition coefficient (Wildman–Crippen LogP) is 6.29. The van der Waals surface area contributed by atoms with Crippen molar-refractivity contribution >= 4 is 23.4 Å². The lowest BCUT2D eigenvalue weighted by molar-refractivity contribution is -0.115. The Hall–Kier alpha value is -3.38. The van der Waals surface area contributed by atoms with E-state index in [2.05, 4.69) is 38.3 Å². The van der Waals surface area contributed by atoms with Crippen molar-refractivity contribution in [2.24, 2.45) is 0 Å². The second-order valence-corrected chi connectivity index (χ2v) is 9.98. The van der Waals surface area contributed by atoms with Crippen LogP contribution in [0.3, 0.4) is 0 Å². The van der Waals surface area contributed by atoms with Crippen LogP contribution in [0.5, 0.6) is 0 Å². The van der Waals surface area contributed by atoms with Crippen molar-refractivity contribution in [3.05, 3.63) is 107 Å². The number of aromatic nitrogens is 3. The first kappa shape index (κ1) is 22.4. The molecule has 0 spiro atoms. The number of amides is 1. The first-order valence-electron chi connectivity index (χ1n) is 11.7. The Bertz CT molecular complexity index is 1280. The zero-order chi connectivity index (χ0) is 23.5. The van der Waals surface area contributed by atoms with Crippen LogP contribution in [0.15, 0.2) is 84.0 Å². The van der Waals surface area contributed by atoms with Crippen LogP contribution in [0.2, 0.25) is 0 Å². The van der Waals surface area contributed by atoms with Crippen LogP contribution in [0, 0.1) is 13.8 Å². The summed E-state index contributed by atoms with van der Waals surface area (Å²) in [4.78, 5) is 13.6. The smallest absolute Gasteiger partial charge is 0.242 e. The van der Waals surface area contributed by atoms with Gasteiger partial charge < -0.3 is 9.88 Å². The second-order valence-electron chi connectivity index (χ2n) is 8.90. The van der Waals surface area contributed by atoms with Gasteiger partial charge in [-0.1, -0.05) is 84.6 Å². The Kier molecular flexibility index (Phi) is 6.50. The zero-order valence-electron chi connectivity index (χ0n) is 19.4. The lowest BCUT2D eigenvalue weighted by atomic mass is 10.1. The summed E-state index contributed by atoms with van der Waals surface area (Å²) in [5, 5.41) is 12.6. The van der Waals surface area contributed by atoms with Gasteiger partial charge in [-0.3, -0.25) is 4.79 Å². The van der Waals surface area contributed by atoms with Crippen LogP contribution in [0.1, 0.15) is 52.1 Å². The molecule has 1 heterocycles. The molecule has 1 aliphatic carbocycles. The molecule has 1 aromatic heterocycles. The fourth-order valence-electron chi connectivity index (χ4n) is 4.02. The summed E-state index contributed by atoms with van der Waals surface area (Å²) in [5.74, 6) is 1.42. The largest absolute Gasteiger partial charge is 0.325 e. The molecule has 5 nitrogen and oxygen atoms in total. The molecule has 1 N–H and O–H groups in total.